The molecule has 0 bridgehead atoms. The monoisotopic (exact) mass is 348 g/mol. The normalized spacial score (nSPS) is 11.6. The topological polar surface area (TPSA) is 75.7 Å². The minimum Gasteiger partial charge on any atom is -0.385 e. The Morgan fingerprint density at radius 3 is 2.45 bits per heavy atom. The third-order valence-electron chi connectivity index (χ3n) is 2.98. The molecule has 0 unspecified atom stereocenters. The number of hydrogen-bond donors (Lipinski definition) is 1. The van der Waals surface area contributed by atoms with E-state index in [1.54, 1.807) is 31.4 Å². The highest BCUT2D eigenvalue weighted by Crippen LogP contribution is 2.09. The molecule has 0 saturated heterocycles. The molecule has 0 spiro atoms. The van der Waals surface area contributed by atoms with Gasteiger partial charge in [0.25, 0.3) is 5.91 Å². The summed E-state index contributed by atoms with van der Waals surface area (Å²) < 4.78 is 29.6. The van der Waals surface area contributed by atoms with Gasteiger partial charge in [0.1, 0.15) is 0 Å². The number of methoxy groups -OCH3 is 1. The first-order valence-corrected chi connectivity index (χ1v) is 9.05. The smallest absolute Gasteiger partial charge is 0.251 e. The number of hydrogen-bond acceptors (Lipinski definition) is 4. The van der Waals surface area contributed by atoms with E-state index in [1.165, 1.54) is 4.31 Å². The fourth-order valence-electron chi connectivity index (χ4n) is 1.83. The first kappa shape index (κ1) is 18.9. The maximum absolute atomic E-state index is 11.9. The average Bonchev–Trinajstić information content (AvgIpc) is 2.45. The zero-order valence-corrected chi connectivity index (χ0v) is 14.3. The van der Waals surface area contributed by atoms with Crippen molar-refractivity contribution in [1.82, 2.24) is 9.62 Å². The highest BCUT2D eigenvalue weighted by Gasteiger charge is 2.16. The number of nitrogens with zero attached hydrogens (tertiary/aromatic N) is 1. The third kappa shape index (κ3) is 6.74. The summed E-state index contributed by atoms with van der Waals surface area (Å²) >= 11 is 5.76. The van der Waals surface area contributed by atoms with E-state index >= 15 is 0 Å². The molecule has 0 aliphatic rings. The van der Waals surface area contributed by atoms with Crippen LogP contribution in [-0.4, -0.2) is 58.2 Å². The maximum atomic E-state index is 11.9. The maximum Gasteiger partial charge on any atom is 0.251 e. The van der Waals surface area contributed by atoms with Gasteiger partial charge in [-0.05, 0) is 30.7 Å². The zero-order chi connectivity index (χ0) is 16.6. The Labute approximate surface area is 136 Å². The van der Waals surface area contributed by atoms with Crippen LogP contribution in [0.15, 0.2) is 24.3 Å². The van der Waals surface area contributed by atoms with Gasteiger partial charge in [-0.3, -0.25) is 4.79 Å². The fourth-order valence-corrected chi connectivity index (χ4v) is 2.84. The zero-order valence-electron chi connectivity index (χ0n) is 12.7. The Bertz CT molecular complexity index is 575. The van der Waals surface area contributed by atoms with Crippen molar-refractivity contribution in [2.24, 2.45) is 0 Å². The summed E-state index contributed by atoms with van der Waals surface area (Å²) in [4.78, 5) is 11.9. The van der Waals surface area contributed by atoms with Gasteiger partial charge in [0, 0.05) is 43.9 Å². The minimum absolute atomic E-state index is 0.224. The summed E-state index contributed by atoms with van der Waals surface area (Å²) in [6, 6.07) is 6.49. The minimum atomic E-state index is -3.30. The predicted molar refractivity (Wildman–Crippen MR) is 86.7 cm³/mol. The van der Waals surface area contributed by atoms with E-state index in [9.17, 15) is 13.2 Å². The van der Waals surface area contributed by atoms with Gasteiger partial charge < -0.3 is 10.1 Å². The number of amides is 1. The molecule has 0 aromatic heterocycles. The Morgan fingerprint density at radius 2 is 1.91 bits per heavy atom. The number of sulfonamides is 1. The summed E-state index contributed by atoms with van der Waals surface area (Å²) in [5, 5.41) is 3.25. The molecule has 1 aromatic rings. The van der Waals surface area contributed by atoms with Crippen molar-refractivity contribution < 1.29 is 17.9 Å². The van der Waals surface area contributed by atoms with E-state index in [0.29, 0.717) is 30.2 Å². The van der Waals surface area contributed by atoms with Crippen LogP contribution < -0.4 is 5.32 Å². The van der Waals surface area contributed by atoms with Crippen molar-refractivity contribution >= 4 is 27.5 Å². The Hall–Kier alpha value is -1.15. The van der Waals surface area contributed by atoms with E-state index in [2.05, 4.69) is 5.32 Å². The Balaban J connectivity index is 2.48. The second-order valence-electron chi connectivity index (χ2n) is 4.77. The SMILES string of the molecule is COCCCN(CCNC(=O)c1ccc(Cl)cc1)S(C)(=O)=O. The standard InChI is InChI=1S/C14H21ClN2O4S/c1-21-11-3-9-17(22(2,19)20)10-8-16-14(18)12-4-6-13(15)7-5-12/h4-7H,3,8-11H2,1-2H3,(H,16,18). The van der Waals surface area contributed by atoms with Gasteiger partial charge in [0.15, 0.2) is 0 Å². The number of carbonyl (C=O) groups excluding carboxylic acids is 1. The number of halogens is 1. The summed E-state index contributed by atoms with van der Waals surface area (Å²) in [5.41, 5.74) is 0.481. The van der Waals surface area contributed by atoms with Gasteiger partial charge in [0.05, 0.1) is 6.26 Å². The first-order valence-electron chi connectivity index (χ1n) is 6.82. The van der Waals surface area contributed by atoms with E-state index in [-0.39, 0.29) is 19.0 Å². The van der Waals surface area contributed by atoms with E-state index < -0.39 is 10.0 Å². The molecule has 0 heterocycles. The van der Waals surface area contributed by atoms with Gasteiger partial charge in [-0.2, -0.15) is 0 Å². The highest BCUT2D eigenvalue weighted by atomic mass is 35.5. The molecular weight excluding hydrogens is 328 g/mol. The number of benzene rings is 1. The van der Waals surface area contributed by atoms with Crippen LogP contribution in [0.2, 0.25) is 5.02 Å². The Kier molecular flexibility index (Phi) is 7.81. The van der Waals surface area contributed by atoms with Crippen molar-refractivity contribution in [1.29, 1.82) is 0 Å². The molecule has 124 valence electrons. The third-order valence-corrected chi connectivity index (χ3v) is 4.53. The van der Waals surface area contributed by atoms with Crippen LogP contribution in [0, 0.1) is 0 Å². The molecule has 0 atom stereocenters. The van der Waals surface area contributed by atoms with Gasteiger partial charge in [-0.1, -0.05) is 11.6 Å². The Morgan fingerprint density at radius 1 is 1.27 bits per heavy atom. The molecule has 0 radical (unpaired) electrons. The van der Waals surface area contributed by atoms with Crippen molar-refractivity contribution in [3.8, 4) is 0 Å². The lowest BCUT2D eigenvalue weighted by atomic mass is 10.2. The molecule has 0 fully saturated rings. The van der Waals surface area contributed by atoms with E-state index in [1.807, 2.05) is 0 Å². The molecule has 1 aromatic carbocycles. The van der Waals surface area contributed by atoms with Gasteiger partial charge in [-0.25, -0.2) is 12.7 Å². The van der Waals surface area contributed by atoms with Crippen LogP contribution in [0.5, 0.6) is 0 Å². The molecule has 6 nitrogen and oxygen atoms in total. The van der Waals surface area contributed by atoms with Crippen LogP contribution in [0.3, 0.4) is 0 Å². The predicted octanol–water partition coefficient (Wildman–Crippen LogP) is 1.37. The van der Waals surface area contributed by atoms with Gasteiger partial charge >= 0.3 is 0 Å². The van der Waals surface area contributed by atoms with Crippen molar-refractivity contribution in [3.63, 3.8) is 0 Å². The highest BCUT2D eigenvalue weighted by molar-refractivity contribution is 7.88. The second-order valence-corrected chi connectivity index (χ2v) is 7.19. The van der Waals surface area contributed by atoms with Crippen LogP contribution in [0.1, 0.15) is 16.8 Å². The molecule has 0 saturated carbocycles. The molecule has 1 amide bonds. The summed E-state index contributed by atoms with van der Waals surface area (Å²) in [6.07, 6.45) is 1.76. The van der Waals surface area contributed by atoms with Crippen LogP contribution in [0.25, 0.3) is 0 Å². The summed E-state index contributed by atoms with van der Waals surface area (Å²) in [5.74, 6) is -0.262. The van der Waals surface area contributed by atoms with Crippen molar-refractivity contribution in [2.75, 3.05) is 39.6 Å². The molecule has 8 heteroatoms. The lowest BCUT2D eigenvalue weighted by Gasteiger charge is -2.19. The summed E-state index contributed by atoms with van der Waals surface area (Å²) in [6.45, 7) is 1.32. The molecule has 0 aliphatic heterocycles. The fraction of sp³-hybridized carbons (Fsp3) is 0.500. The van der Waals surface area contributed by atoms with Gasteiger partial charge in [0.2, 0.25) is 10.0 Å². The first-order chi connectivity index (χ1) is 10.3. The van der Waals surface area contributed by atoms with Crippen molar-refractivity contribution in [2.45, 2.75) is 6.42 Å². The molecule has 0 aliphatic carbocycles. The quantitative estimate of drug-likeness (QED) is 0.684. The lowest BCUT2D eigenvalue weighted by molar-refractivity contribution is 0.0951. The number of carbonyl (C=O) groups is 1. The molecular formula is C14H21ClN2O4S. The van der Waals surface area contributed by atoms with Crippen LogP contribution in [0.4, 0.5) is 0 Å². The van der Waals surface area contributed by atoms with Crippen LogP contribution in [-0.2, 0) is 14.8 Å². The van der Waals surface area contributed by atoms with Crippen molar-refractivity contribution in [3.05, 3.63) is 34.9 Å². The molecule has 1 rings (SSSR count). The second kappa shape index (κ2) is 9.09. The van der Waals surface area contributed by atoms with E-state index in [0.717, 1.165) is 6.26 Å². The molecule has 22 heavy (non-hydrogen) atoms. The number of nitrogens with one attached hydrogen (secondary N) is 1. The number of rotatable bonds is 9. The average molecular weight is 349 g/mol. The summed E-state index contributed by atoms with van der Waals surface area (Å²) in [7, 11) is -1.74. The largest absolute Gasteiger partial charge is 0.385 e. The van der Waals surface area contributed by atoms with Gasteiger partial charge in [-0.15, -0.1) is 0 Å². The molecule has 1 N–H and O–H groups in total. The lowest BCUT2D eigenvalue weighted by Crippen LogP contribution is -2.38. The van der Waals surface area contributed by atoms with E-state index in [4.69, 9.17) is 16.3 Å². The van der Waals surface area contributed by atoms with Crippen LogP contribution >= 0.6 is 11.6 Å². The number of ether oxygens (including phenoxy) is 1.